The second-order valence-electron chi connectivity index (χ2n) is 4.62. The van der Waals surface area contributed by atoms with Crippen molar-refractivity contribution in [3.05, 3.63) is 22.3 Å². The Bertz CT molecular complexity index is 514. The maximum atomic E-state index is 12.6. The molecule has 0 aromatic carbocycles. The molecule has 0 unspecified atom stereocenters. The first kappa shape index (κ1) is 15.4. The van der Waals surface area contributed by atoms with Crippen LogP contribution in [0.25, 0.3) is 0 Å². The minimum Gasteiger partial charge on any atom is -0.369 e. The number of amides is 1. The second kappa shape index (κ2) is 7.17. The van der Waals surface area contributed by atoms with Crippen LogP contribution in [-0.2, 0) is 10.8 Å². The third-order valence-corrected chi connectivity index (χ3v) is 4.80. The fraction of sp³-hybridized carbons (Fsp3) is 0.538. The Morgan fingerprint density at radius 3 is 2.85 bits per heavy atom. The van der Waals surface area contributed by atoms with Gasteiger partial charge in [0.25, 0.3) is 5.91 Å². The summed E-state index contributed by atoms with van der Waals surface area (Å²) in [6.45, 7) is 3.93. The third-order valence-electron chi connectivity index (χ3n) is 3.09. The Morgan fingerprint density at radius 1 is 1.50 bits per heavy atom. The number of rotatable bonds is 4. The molecule has 1 aromatic rings. The lowest BCUT2D eigenvalue weighted by molar-refractivity contribution is 0.0772. The number of aromatic nitrogens is 1. The molecule has 1 saturated heterocycles. The van der Waals surface area contributed by atoms with E-state index in [0.717, 1.165) is 17.4 Å². The molecule has 5 nitrogen and oxygen atoms in total. The molecule has 1 N–H and O–H groups in total. The molecular formula is C13H18BrN3O2S. The number of nitrogens with zero attached hydrogens (tertiary/aromatic N) is 2. The van der Waals surface area contributed by atoms with Crippen molar-refractivity contribution in [3.63, 3.8) is 0 Å². The van der Waals surface area contributed by atoms with Gasteiger partial charge in [-0.2, -0.15) is 0 Å². The number of halogens is 1. The zero-order valence-electron chi connectivity index (χ0n) is 11.4. The van der Waals surface area contributed by atoms with Crippen LogP contribution in [0, 0.1) is 0 Å². The number of pyridine rings is 1. The van der Waals surface area contributed by atoms with E-state index in [4.69, 9.17) is 0 Å². The van der Waals surface area contributed by atoms with Crippen molar-refractivity contribution < 1.29 is 9.00 Å². The molecule has 2 rings (SSSR count). The number of carbonyl (C=O) groups is 1. The molecule has 1 aliphatic heterocycles. The highest BCUT2D eigenvalue weighted by atomic mass is 79.9. The molecule has 0 atom stereocenters. The first-order valence-corrected chi connectivity index (χ1v) is 8.93. The zero-order valence-corrected chi connectivity index (χ0v) is 13.8. The molecule has 1 aromatic heterocycles. The van der Waals surface area contributed by atoms with Gasteiger partial charge in [0.1, 0.15) is 5.82 Å². The monoisotopic (exact) mass is 359 g/mol. The second-order valence-corrected chi connectivity index (χ2v) is 7.23. The predicted octanol–water partition coefficient (Wildman–Crippen LogP) is 1.87. The van der Waals surface area contributed by atoms with E-state index in [1.165, 1.54) is 0 Å². The van der Waals surface area contributed by atoms with Gasteiger partial charge in [0.2, 0.25) is 0 Å². The summed E-state index contributed by atoms with van der Waals surface area (Å²) >= 11 is 3.36. The van der Waals surface area contributed by atoms with Crippen LogP contribution in [0.5, 0.6) is 0 Å². The third kappa shape index (κ3) is 3.79. The van der Waals surface area contributed by atoms with Crippen LogP contribution in [0.4, 0.5) is 5.82 Å². The molecule has 20 heavy (non-hydrogen) atoms. The fourth-order valence-electron chi connectivity index (χ4n) is 2.00. The summed E-state index contributed by atoms with van der Waals surface area (Å²) in [7, 11) is -0.783. The molecule has 1 amide bonds. The van der Waals surface area contributed by atoms with Crippen LogP contribution in [0.2, 0.25) is 0 Å². The van der Waals surface area contributed by atoms with Crippen molar-refractivity contribution in [2.75, 3.05) is 36.5 Å². The summed E-state index contributed by atoms with van der Waals surface area (Å²) in [5.74, 6) is 1.69. The van der Waals surface area contributed by atoms with Crippen LogP contribution in [0.3, 0.4) is 0 Å². The lowest BCUT2D eigenvalue weighted by atomic mass is 10.2. The highest BCUT2D eigenvalue weighted by Crippen LogP contribution is 2.20. The van der Waals surface area contributed by atoms with Crippen LogP contribution in [-0.4, -0.2) is 51.1 Å². The first-order chi connectivity index (χ1) is 9.61. The minimum atomic E-state index is -0.783. The molecule has 1 fully saturated rings. The van der Waals surface area contributed by atoms with E-state index in [1.807, 2.05) is 0 Å². The van der Waals surface area contributed by atoms with Crippen molar-refractivity contribution in [2.45, 2.75) is 13.3 Å². The van der Waals surface area contributed by atoms with Crippen LogP contribution in [0.1, 0.15) is 23.7 Å². The van der Waals surface area contributed by atoms with Gasteiger partial charge in [0, 0.05) is 52.6 Å². The molecule has 2 heterocycles. The van der Waals surface area contributed by atoms with Gasteiger partial charge in [-0.15, -0.1) is 0 Å². The summed E-state index contributed by atoms with van der Waals surface area (Å²) in [5, 5.41) is 3.18. The van der Waals surface area contributed by atoms with Crippen molar-refractivity contribution in [3.8, 4) is 0 Å². The lowest BCUT2D eigenvalue weighted by Gasteiger charge is -2.27. The van der Waals surface area contributed by atoms with Gasteiger partial charge in [-0.3, -0.25) is 9.00 Å². The van der Waals surface area contributed by atoms with Gasteiger partial charge in [-0.05, 0) is 28.4 Å². The molecule has 110 valence electrons. The quantitative estimate of drug-likeness (QED) is 0.891. The van der Waals surface area contributed by atoms with Crippen molar-refractivity contribution >= 4 is 38.5 Å². The summed E-state index contributed by atoms with van der Waals surface area (Å²) in [4.78, 5) is 18.6. The summed E-state index contributed by atoms with van der Waals surface area (Å²) < 4.78 is 12.2. The molecule has 0 radical (unpaired) electrons. The van der Waals surface area contributed by atoms with Gasteiger partial charge < -0.3 is 10.2 Å². The van der Waals surface area contributed by atoms with Gasteiger partial charge in [0.15, 0.2) is 0 Å². The average Bonchev–Trinajstić information content (AvgIpc) is 2.46. The number of nitrogens with one attached hydrogen (secondary N) is 1. The van der Waals surface area contributed by atoms with Crippen LogP contribution in [0.15, 0.2) is 16.7 Å². The summed E-state index contributed by atoms with van der Waals surface area (Å²) in [6, 6.07) is 1.79. The molecule has 0 bridgehead atoms. The van der Waals surface area contributed by atoms with Crippen LogP contribution < -0.4 is 5.32 Å². The van der Waals surface area contributed by atoms with E-state index in [9.17, 15) is 9.00 Å². The molecular weight excluding hydrogens is 342 g/mol. The maximum absolute atomic E-state index is 12.6. The number of carbonyl (C=O) groups excluding carboxylic acids is 1. The highest BCUT2D eigenvalue weighted by molar-refractivity contribution is 9.10. The smallest absolute Gasteiger partial charge is 0.257 e. The Kier molecular flexibility index (Phi) is 5.54. The van der Waals surface area contributed by atoms with Crippen molar-refractivity contribution in [1.29, 1.82) is 0 Å². The SMILES string of the molecule is CCCNc1ncc(Br)cc1C(=O)N1CCS(=O)CC1. The average molecular weight is 360 g/mol. The topological polar surface area (TPSA) is 62.3 Å². The molecule has 7 heteroatoms. The van der Waals surface area contributed by atoms with Crippen molar-refractivity contribution in [2.24, 2.45) is 0 Å². The van der Waals surface area contributed by atoms with Gasteiger partial charge >= 0.3 is 0 Å². The summed E-state index contributed by atoms with van der Waals surface area (Å²) in [6.07, 6.45) is 2.65. The minimum absolute atomic E-state index is 0.0471. The Hall–Kier alpha value is -0.950. The van der Waals surface area contributed by atoms with Crippen molar-refractivity contribution in [1.82, 2.24) is 9.88 Å². The standard InChI is InChI=1S/C13H18BrN3O2S/c1-2-3-15-12-11(8-10(14)9-16-12)13(18)17-4-6-20(19)7-5-17/h8-9H,2-7H2,1H3,(H,15,16). The van der Waals surface area contributed by atoms with Gasteiger partial charge in [-0.1, -0.05) is 6.92 Å². The fourth-order valence-corrected chi connectivity index (χ4v) is 3.38. The Morgan fingerprint density at radius 2 is 2.20 bits per heavy atom. The van der Waals surface area contributed by atoms with Gasteiger partial charge in [0.05, 0.1) is 5.56 Å². The number of hydrogen-bond donors (Lipinski definition) is 1. The largest absolute Gasteiger partial charge is 0.369 e. The number of anilines is 1. The Balaban J connectivity index is 2.19. The molecule has 1 aliphatic rings. The van der Waals surface area contributed by atoms with E-state index in [1.54, 1.807) is 17.2 Å². The van der Waals surface area contributed by atoms with E-state index < -0.39 is 10.8 Å². The van der Waals surface area contributed by atoms with E-state index in [-0.39, 0.29) is 5.91 Å². The highest BCUT2D eigenvalue weighted by Gasteiger charge is 2.23. The van der Waals surface area contributed by atoms with E-state index in [0.29, 0.717) is 36.0 Å². The molecule has 0 saturated carbocycles. The molecule has 0 spiro atoms. The Labute approximate surface area is 129 Å². The van der Waals surface area contributed by atoms with E-state index in [2.05, 4.69) is 33.2 Å². The van der Waals surface area contributed by atoms with Gasteiger partial charge in [-0.25, -0.2) is 4.98 Å². The van der Waals surface area contributed by atoms with Crippen LogP contribution >= 0.6 is 15.9 Å². The predicted molar refractivity (Wildman–Crippen MR) is 84.5 cm³/mol. The zero-order chi connectivity index (χ0) is 14.5. The number of hydrogen-bond acceptors (Lipinski definition) is 4. The lowest BCUT2D eigenvalue weighted by Crippen LogP contribution is -2.42. The normalized spacial score (nSPS) is 16.2. The molecule has 0 aliphatic carbocycles. The maximum Gasteiger partial charge on any atom is 0.257 e. The first-order valence-electron chi connectivity index (χ1n) is 6.65. The summed E-state index contributed by atoms with van der Waals surface area (Å²) in [5.41, 5.74) is 0.570. The van der Waals surface area contributed by atoms with E-state index >= 15 is 0 Å².